The SMILES string of the molecule is CC(C)CC(CSc1ccccc1Cl)NN. The molecule has 0 saturated carbocycles. The van der Waals surface area contributed by atoms with Gasteiger partial charge in [-0.2, -0.15) is 0 Å². The van der Waals surface area contributed by atoms with Crippen LogP contribution in [0, 0.1) is 5.92 Å². The molecule has 0 fully saturated rings. The van der Waals surface area contributed by atoms with Crippen LogP contribution >= 0.6 is 23.4 Å². The van der Waals surface area contributed by atoms with E-state index in [0.717, 1.165) is 22.1 Å². The summed E-state index contributed by atoms with van der Waals surface area (Å²) in [6.07, 6.45) is 1.08. The smallest absolute Gasteiger partial charge is 0.0541 e. The Bertz CT molecular complexity index is 318. The van der Waals surface area contributed by atoms with Crippen LogP contribution in [0.4, 0.5) is 0 Å². The molecule has 0 heterocycles. The Kier molecular flexibility index (Phi) is 6.21. The van der Waals surface area contributed by atoms with Crippen LogP contribution in [0.5, 0.6) is 0 Å². The third-order valence-corrected chi connectivity index (χ3v) is 3.95. The molecule has 1 aromatic carbocycles. The predicted molar refractivity (Wildman–Crippen MR) is 72.7 cm³/mol. The largest absolute Gasteiger partial charge is 0.271 e. The molecule has 2 nitrogen and oxygen atoms in total. The summed E-state index contributed by atoms with van der Waals surface area (Å²) in [5.74, 6) is 7.12. The highest BCUT2D eigenvalue weighted by Gasteiger charge is 2.10. The van der Waals surface area contributed by atoms with Gasteiger partial charge in [0.1, 0.15) is 0 Å². The lowest BCUT2D eigenvalue weighted by Crippen LogP contribution is -2.37. The molecular weight excluding hydrogens is 240 g/mol. The first-order valence-electron chi connectivity index (χ1n) is 5.47. The number of hydrogen-bond donors (Lipinski definition) is 2. The molecule has 0 aromatic heterocycles. The van der Waals surface area contributed by atoms with Gasteiger partial charge in [-0.3, -0.25) is 11.3 Å². The number of hydrazine groups is 1. The van der Waals surface area contributed by atoms with E-state index >= 15 is 0 Å². The van der Waals surface area contributed by atoms with Crippen molar-refractivity contribution in [3.8, 4) is 0 Å². The number of nitrogens with one attached hydrogen (secondary N) is 1. The van der Waals surface area contributed by atoms with Gasteiger partial charge in [0.15, 0.2) is 0 Å². The summed E-state index contributed by atoms with van der Waals surface area (Å²) in [4.78, 5) is 1.12. The average Bonchev–Trinajstić information content (AvgIpc) is 2.25. The van der Waals surface area contributed by atoms with Gasteiger partial charge in [-0.25, -0.2) is 0 Å². The summed E-state index contributed by atoms with van der Waals surface area (Å²) in [5.41, 5.74) is 2.86. The summed E-state index contributed by atoms with van der Waals surface area (Å²) in [5, 5.41) is 0.813. The Balaban J connectivity index is 2.46. The van der Waals surface area contributed by atoms with Crippen molar-refractivity contribution < 1.29 is 0 Å². The molecule has 0 aliphatic rings. The zero-order valence-corrected chi connectivity index (χ0v) is 11.3. The Morgan fingerprint density at radius 1 is 1.38 bits per heavy atom. The molecule has 1 aromatic rings. The summed E-state index contributed by atoms with van der Waals surface area (Å²) >= 11 is 7.83. The van der Waals surface area contributed by atoms with Gasteiger partial charge in [0.2, 0.25) is 0 Å². The highest BCUT2D eigenvalue weighted by Crippen LogP contribution is 2.27. The van der Waals surface area contributed by atoms with Crippen molar-refractivity contribution >= 4 is 23.4 Å². The summed E-state index contributed by atoms with van der Waals surface area (Å²) < 4.78 is 0. The predicted octanol–water partition coefficient (Wildman–Crippen LogP) is 3.31. The van der Waals surface area contributed by atoms with Crippen LogP contribution < -0.4 is 11.3 Å². The van der Waals surface area contributed by atoms with Gasteiger partial charge in [0.05, 0.1) is 5.02 Å². The minimum Gasteiger partial charge on any atom is -0.271 e. The molecule has 1 unspecified atom stereocenters. The van der Waals surface area contributed by atoms with Crippen LogP contribution in [0.25, 0.3) is 0 Å². The van der Waals surface area contributed by atoms with E-state index in [1.807, 2.05) is 24.3 Å². The highest BCUT2D eigenvalue weighted by molar-refractivity contribution is 7.99. The van der Waals surface area contributed by atoms with E-state index in [2.05, 4.69) is 19.3 Å². The van der Waals surface area contributed by atoms with E-state index in [-0.39, 0.29) is 0 Å². The molecule has 0 bridgehead atoms. The second-order valence-electron chi connectivity index (χ2n) is 4.23. The van der Waals surface area contributed by atoms with Crippen LogP contribution in [-0.4, -0.2) is 11.8 Å². The maximum Gasteiger partial charge on any atom is 0.0541 e. The first-order valence-corrected chi connectivity index (χ1v) is 6.83. The molecule has 1 atom stereocenters. The van der Waals surface area contributed by atoms with Crippen LogP contribution in [0.2, 0.25) is 5.02 Å². The van der Waals surface area contributed by atoms with E-state index in [1.165, 1.54) is 0 Å². The van der Waals surface area contributed by atoms with Crippen LogP contribution in [0.3, 0.4) is 0 Å². The standard InChI is InChI=1S/C12H19ClN2S/c1-9(2)7-10(15-14)8-16-12-6-4-3-5-11(12)13/h3-6,9-10,15H,7-8,14H2,1-2H3. The molecule has 0 saturated heterocycles. The fourth-order valence-corrected chi connectivity index (χ4v) is 2.80. The molecule has 3 N–H and O–H groups in total. The normalized spacial score (nSPS) is 13.1. The third kappa shape index (κ3) is 4.74. The van der Waals surface area contributed by atoms with E-state index in [1.54, 1.807) is 11.8 Å². The van der Waals surface area contributed by atoms with Crippen molar-refractivity contribution in [2.45, 2.75) is 31.2 Å². The lowest BCUT2D eigenvalue weighted by Gasteiger charge is -2.17. The van der Waals surface area contributed by atoms with E-state index in [9.17, 15) is 0 Å². The van der Waals surface area contributed by atoms with Crippen LogP contribution in [0.1, 0.15) is 20.3 Å². The van der Waals surface area contributed by atoms with Gasteiger partial charge >= 0.3 is 0 Å². The van der Waals surface area contributed by atoms with Crippen LogP contribution in [-0.2, 0) is 0 Å². The van der Waals surface area contributed by atoms with Gasteiger partial charge in [-0.05, 0) is 24.5 Å². The molecule has 0 spiro atoms. The number of rotatable bonds is 6. The first-order chi connectivity index (χ1) is 7.63. The summed E-state index contributed by atoms with van der Waals surface area (Å²) in [6.45, 7) is 4.40. The monoisotopic (exact) mass is 258 g/mol. The van der Waals surface area contributed by atoms with Gasteiger partial charge in [-0.1, -0.05) is 37.6 Å². The zero-order chi connectivity index (χ0) is 12.0. The first kappa shape index (κ1) is 13.8. The number of thioether (sulfide) groups is 1. The van der Waals surface area contributed by atoms with Crippen molar-refractivity contribution in [2.24, 2.45) is 11.8 Å². The number of nitrogens with two attached hydrogens (primary N) is 1. The van der Waals surface area contributed by atoms with E-state index in [4.69, 9.17) is 17.4 Å². The van der Waals surface area contributed by atoms with E-state index in [0.29, 0.717) is 12.0 Å². The van der Waals surface area contributed by atoms with Gasteiger partial charge < -0.3 is 0 Å². The quantitative estimate of drug-likeness (QED) is 0.467. The molecule has 90 valence electrons. The molecule has 16 heavy (non-hydrogen) atoms. The molecule has 4 heteroatoms. The Morgan fingerprint density at radius 2 is 2.06 bits per heavy atom. The van der Waals surface area contributed by atoms with Gasteiger partial charge in [-0.15, -0.1) is 11.8 Å². The average molecular weight is 259 g/mol. The Labute approximate surface area is 107 Å². The van der Waals surface area contributed by atoms with Crippen LogP contribution in [0.15, 0.2) is 29.2 Å². The van der Waals surface area contributed by atoms with Crippen molar-refractivity contribution in [1.29, 1.82) is 0 Å². The highest BCUT2D eigenvalue weighted by atomic mass is 35.5. The molecular formula is C12H19ClN2S. The van der Waals surface area contributed by atoms with Crippen molar-refractivity contribution in [1.82, 2.24) is 5.43 Å². The maximum absolute atomic E-state index is 6.08. The maximum atomic E-state index is 6.08. The molecule has 0 amide bonds. The lowest BCUT2D eigenvalue weighted by molar-refractivity contribution is 0.456. The second kappa shape index (κ2) is 7.17. The van der Waals surface area contributed by atoms with Crippen molar-refractivity contribution in [3.63, 3.8) is 0 Å². The minimum atomic E-state index is 0.335. The fraction of sp³-hybridized carbons (Fsp3) is 0.500. The summed E-state index contributed by atoms with van der Waals surface area (Å²) in [7, 11) is 0. The van der Waals surface area contributed by atoms with Gasteiger partial charge in [0.25, 0.3) is 0 Å². The fourth-order valence-electron chi connectivity index (χ4n) is 1.51. The zero-order valence-electron chi connectivity index (χ0n) is 9.74. The van der Waals surface area contributed by atoms with Crippen molar-refractivity contribution in [2.75, 3.05) is 5.75 Å². The number of halogens is 1. The molecule has 0 aliphatic heterocycles. The molecule has 0 aliphatic carbocycles. The molecule has 0 radical (unpaired) electrons. The second-order valence-corrected chi connectivity index (χ2v) is 5.70. The van der Waals surface area contributed by atoms with Crippen molar-refractivity contribution in [3.05, 3.63) is 29.3 Å². The minimum absolute atomic E-state index is 0.335. The van der Waals surface area contributed by atoms with Gasteiger partial charge in [0, 0.05) is 16.7 Å². The topological polar surface area (TPSA) is 38.0 Å². The van der Waals surface area contributed by atoms with E-state index < -0.39 is 0 Å². The number of hydrogen-bond acceptors (Lipinski definition) is 3. The Hall–Kier alpha value is -0.220. The molecule has 1 rings (SSSR count). The third-order valence-electron chi connectivity index (χ3n) is 2.27. The summed E-state index contributed by atoms with van der Waals surface area (Å²) in [6, 6.07) is 8.23. The lowest BCUT2D eigenvalue weighted by atomic mass is 10.1. The number of benzene rings is 1. The Morgan fingerprint density at radius 3 is 2.62 bits per heavy atom.